The van der Waals surface area contributed by atoms with Crippen molar-refractivity contribution in [2.75, 3.05) is 0 Å². The minimum Gasteiger partial charge on any atom is -0.358 e. The molecule has 0 aliphatic carbocycles. The molecule has 1 aromatic rings. The Morgan fingerprint density at radius 2 is 2.15 bits per heavy atom. The van der Waals surface area contributed by atoms with E-state index in [0.717, 1.165) is 0 Å². The molecule has 72 valence electrons. The smallest absolute Gasteiger partial charge is 0.358 e. The Morgan fingerprint density at radius 1 is 1.62 bits per heavy atom. The van der Waals surface area contributed by atoms with Crippen LogP contribution in [-0.2, 0) is 12.6 Å². The molecule has 0 bridgehead atoms. The Balaban J connectivity index is 3.17. The Morgan fingerprint density at radius 3 is 2.38 bits per heavy atom. The lowest BCUT2D eigenvalue weighted by atomic mass is 10.1. The normalized spacial score (nSPS) is 11.7. The van der Waals surface area contributed by atoms with Crippen LogP contribution in [0.15, 0.2) is 6.20 Å². The zero-order chi connectivity index (χ0) is 10.2. The number of hydrogen-bond donors (Lipinski definition) is 0. The molecule has 0 aromatic carbocycles. The number of nitrogens with zero attached hydrogens (tertiary/aromatic N) is 4. The van der Waals surface area contributed by atoms with Gasteiger partial charge < -0.3 is 10.1 Å². The van der Waals surface area contributed by atoms with E-state index >= 15 is 0 Å². The van der Waals surface area contributed by atoms with Crippen molar-refractivity contribution in [3.8, 4) is 0 Å². The van der Waals surface area contributed by atoms with Gasteiger partial charge in [0.25, 0.3) is 0 Å². The summed E-state index contributed by atoms with van der Waals surface area (Å²) < 4.78 is 2.83. The van der Waals surface area contributed by atoms with Crippen LogP contribution in [0.3, 0.4) is 0 Å². The number of nitro groups is 1. The quantitative estimate of drug-likeness (QED) is 0.360. The summed E-state index contributed by atoms with van der Waals surface area (Å²) in [5.74, 6) is -0.00470. The summed E-state index contributed by atoms with van der Waals surface area (Å²) in [6.45, 7) is 5.80. The van der Waals surface area contributed by atoms with Gasteiger partial charge in [-0.3, -0.25) is 0 Å². The average molecular weight is 185 g/mol. The first-order valence-electron chi connectivity index (χ1n) is 3.93. The zero-order valence-electron chi connectivity index (χ0n) is 8.18. The molecule has 6 heteroatoms. The molecule has 0 amide bonds. The van der Waals surface area contributed by atoms with Crippen molar-refractivity contribution in [3.05, 3.63) is 16.3 Å². The van der Waals surface area contributed by atoms with Gasteiger partial charge in [0.05, 0.1) is 5.21 Å². The first kappa shape index (κ1) is 9.63. The number of aromatic nitrogens is 3. The summed E-state index contributed by atoms with van der Waals surface area (Å²) in [5.41, 5.74) is -0.230. The Bertz CT molecular complexity index is 337. The van der Waals surface area contributed by atoms with E-state index in [2.05, 4.69) is 5.21 Å². The third kappa shape index (κ3) is 1.82. The van der Waals surface area contributed by atoms with E-state index < -0.39 is 4.92 Å². The maximum absolute atomic E-state index is 10.5. The van der Waals surface area contributed by atoms with Crippen LogP contribution in [0.1, 0.15) is 20.8 Å². The molecule has 0 saturated heterocycles. The SMILES string of the molecule is Cn1n[n+](C(C)(C)C)cc1[N+](=O)[O-]. The molecular formula is C7H13N4O2+. The molecule has 0 atom stereocenters. The van der Waals surface area contributed by atoms with Crippen molar-refractivity contribution in [3.63, 3.8) is 0 Å². The highest BCUT2D eigenvalue weighted by Crippen LogP contribution is 2.08. The maximum atomic E-state index is 10.5. The fourth-order valence-electron chi connectivity index (χ4n) is 0.902. The number of rotatable bonds is 1. The second kappa shape index (κ2) is 2.79. The van der Waals surface area contributed by atoms with Crippen molar-refractivity contribution < 1.29 is 9.61 Å². The van der Waals surface area contributed by atoms with Gasteiger partial charge >= 0.3 is 5.82 Å². The summed E-state index contributed by atoms with van der Waals surface area (Å²) in [7, 11) is 1.56. The van der Waals surface area contributed by atoms with Crippen LogP contribution in [0.2, 0.25) is 0 Å². The van der Waals surface area contributed by atoms with E-state index in [-0.39, 0.29) is 11.4 Å². The van der Waals surface area contributed by atoms with Crippen molar-refractivity contribution in [2.24, 2.45) is 7.05 Å². The monoisotopic (exact) mass is 185 g/mol. The second-order valence-corrected chi connectivity index (χ2v) is 3.87. The lowest BCUT2D eigenvalue weighted by Gasteiger charge is -2.09. The Hall–Kier alpha value is -1.46. The van der Waals surface area contributed by atoms with E-state index in [0.29, 0.717) is 0 Å². The van der Waals surface area contributed by atoms with Crippen LogP contribution in [-0.4, -0.2) is 14.8 Å². The molecule has 0 aliphatic rings. The van der Waals surface area contributed by atoms with Gasteiger partial charge in [-0.05, 0) is 25.7 Å². The minimum atomic E-state index is -0.449. The number of aryl methyl sites for hydroxylation is 1. The first-order valence-corrected chi connectivity index (χ1v) is 3.93. The van der Waals surface area contributed by atoms with Crippen LogP contribution in [0, 0.1) is 10.1 Å². The molecule has 0 unspecified atom stereocenters. The maximum Gasteiger partial charge on any atom is 0.387 e. The van der Waals surface area contributed by atoms with Gasteiger partial charge in [0.1, 0.15) is 12.6 Å². The van der Waals surface area contributed by atoms with Gasteiger partial charge in [-0.25, -0.2) is 0 Å². The Kier molecular flexibility index (Phi) is 2.07. The summed E-state index contributed by atoms with van der Waals surface area (Å²) in [6.07, 6.45) is 1.43. The predicted molar refractivity (Wildman–Crippen MR) is 45.1 cm³/mol. The van der Waals surface area contributed by atoms with E-state index in [1.807, 2.05) is 20.8 Å². The molecule has 0 saturated carbocycles. The van der Waals surface area contributed by atoms with Crippen molar-refractivity contribution in [1.82, 2.24) is 9.90 Å². The molecular weight excluding hydrogens is 172 g/mol. The van der Waals surface area contributed by atoms with Crippen LogP contribution in [0.25, 0.3) is 0 Å². The van der Waals surface area contributed by atoms with Crippen LogP contribution < -0.4 is 4.68 Å². The fourth-order valence-corrected chi connectivity index (χ4v) is 0.902. The van der Waals surface area contributed by atoms with Gasteiger partial charge in [0.15, 0.2) is 0 Å². The molecule has 0 radical (unpaired) electrons. The Labute approximate surface area is 75.9 Å². The molecule has 1 heterocycles. The van der Waals surface area contributed by atoms with Crippen LogP contribution in [0.5, 0.6) is 0 Å². The molecule has 13 heavy (non-hydrogen) atoms. The molecule has 1 rings (SSSR count). The van der Waals surface area contributed by atoms with Gasteiger partial charge in [-0.1, -0.05) is 4.68 Å². The standard InChI is InChI=1S/C7H13N4O2/c1-7(2,3)10-5-6(11(12)13)9(4)8-10/h5H,1-4H3/q+1. The highest BCUT2D eigenvalue weighted by molar-refractivity contribution is 5.07. The fraction of sp³-hybridized carbons (Fsp3) is 0.714. The van der Waals surface area contributed by atoms with Crippen LogP contribution in [0.4, 0.5) is 5.82 Å². The average Bonchev–Trinajstić information content (AvgIpc) is 2.29. The van der Waals surface area contributed by atoms with E-state index in [4.69, 9.17) is 0 Å². The van der Waals surface area contributed by atoms with Crippen molar-refractivity contribution >= 4 is 5.82 Å². The van der Waals surface area contributed by atoms with Gasteiger partial charge in [-0.2, -0.15) is 0 Å². The summed E-state index contributed by atoms with van der Waals surface area (Å²) in [5, 5.41) is 14.5. The molecule has 0 fully saturated rings. The van der Waals surface area contributed by atoms with Crippen molar-refractivity contribution in [2.45, 2.75) is 26.3 Å². The predicted octanol–water partition coefficient (Wildman–Crippen LogP) is 0.371. The third-order valence-electron chi connectivity index (χ3n) is 1.67. The van der Waals surface area contributed by atoms with Crippen LogP contribution >= 0.6 is 0 Å². The second-order valence-electron chi connectivity index (χ2n) is 3.87. The van der Waals surface area contributed by atoms with E-state index in [9.17, 15) is 10.1 Å². The highest BCUT2D eigenvalue weighted by atomic mass is 16.6. The first-order chi connectivity index (χ1) is 5.82. The zero-order valence-corrected chi connectivity index (χ0v) is 8.18. The molecule has 0 N–H and O–H groups in total. The number of hydrogen-bond acceptors (Lipinski definition) is 3. The molecule has 1 aromatic heterocycles. The molecule has 6 nitrogen and oxygen atoms in total. The summed E-state index contributed by atoms with van der Waals surface area (Å²) in [4.78, 5) is 10.0. The summed E-state index contributed by atoms with van der Waals surface area (Å²) >= 11 is 0. The third-order valence-corrected chi connectivity index (χ3v) is 1.67. The van der Waals surface area contributed by atoms with Crippen molar-refractivity contribution in [1.29, 1.82) is 0 Å². The van der Waals surface area contributed by atoms with Gasteiger partial charge in [-0.15, -0.1) is 4.68 Å². The highest BCUT2D eigenvalue weighted by Gasteiger charge is 2.26. The van der Waals surface area contributed by atoms with Gasteiger partial charge in [0.2, 0.25) is 6.20 Å². The topological polar surface area (TPSA) is 64.8 Å². The van der Waals surface area contributed by atoms with E-state index in [1.165, 1.54) is 10.9 Å². The minimum absolute atomic E-state index is 0.00470. The molecule has 0 aliphatic heterocycles. The lowest BCUT2D eigenvalue weighted by molar-refractivity contribution is -0.807. The van der Waals surface area contributed by atoms with E-state index in [1.54, 1.807) is 11.7 Å². The largest absolute Gasteiger partial charge is 0.387 e. The molecule has 0 spiro atoms. The summed E-state index contributed by atoms with van der Waals surface area (Å²) in [6, 6.07) is 0. The van der Waals surface area contributed by atoms with Gasteiger partial charge in [0, 0.05) is 0 Å². The lowest BCUT2D eigenvalue weighted by Crippen LogP contribution is -2.51.